The van der Waals surface area contributed by atoms with Crippen LogP contribution in [-0.4, -0.2) is 36.0 Å². The van der Waals surface area contributed by atoms with Crippen LogP contribution < -0.4 is 4.72 Å². The molecule has 0 amide bonds. The lowest BCUT2D eigenvalue weighted by Gasteiger charge is -2.17. The molecule has 0 fully saturated rings. The van der Waals surface area contributed by atoms with E-state index in [9.17, 15) is 13.5 Å². The number of hydrogen-bond acceptors (Lipinski definition) is 4. The highest BCUT2D eigenvalue weighted by molar-refractivity contribution is 7.89. The maximum absolute atomic E-state index is 12.5. The van der Waals surface area contributed by atoms with Crippen molar-refractivity contribution >= 4 is 10.0 Å². The lowest BCUT2D eigenvalue weighted by Crippen LogP contribution is -2.39. The molecule has 1 aromatic carbocycles. The van der Waals surface area contributed by atoms with E-state index >= 15 is 0 Å². The van der Waals surface area contributed by atoms with Gasteiger partial charge in [-0.05, 0) is 30.0 Å². The lowest BCUT2D eigenvalue weighted by atomic mass is 10.1. The Hall–Kier alpha value is -1.70. The molecule has 2 aromatic rings. The number of nitrogens with zero attached hydrogens (tertiary/aromatic N) is 2. The molecule has 1 aromatic heterocycles. The number of aliphatic hydroxyl groups is 1. The first-order valence-corrected chi connectivity index (χ1v) is 8.63. The first kappa shape index (κ1) is 16.7. The molecule has 2 N–H and O–H groups in total. The predicted octanol–water partition coefficient (Wildman–Crippen LogP) is 0.864. The summed E-state index contributed by atoms with van der Waals surface area (Å²) in [4.78, 5) is 0.266. The van der Waals surface area contributed by atoms with E-state index in [0.29, 0.717) is 12.8 Å². The van der Waals surface area contributed by atoms with Crippen LogP contribution in [0.2, 0.25) is 0 Å². The SMILES string of the molecule is CCc1ccccc1S(=O)(=O)NC(CO)Cc1cnn(C)c1. The number of rotatable bonds is 7. The minimum Gasteiger partial charge on any atom is -0.395 e. The van der Waals surface area contributed by atoms with Crippen molar-refractivity contribution in [2.75, 3.05) is 6.61 Å². The molecule has 1 heterocycles. The first-order chi connectivity index (χ1) is 10.5. The molecule has 1 unspecified atom stereocenters. The number of aryl methyl sites for hydroxylation is 2. The molecule has 0 aliphatic heterocycles. The molecule has 1 atom stereocenters. The maximum atomic E-state index is 12.5. The van der Waals surface area contributed by atoms with Gasteiger partial charge in [0.25, 0.3) is 0 Å². The Labute approximate surface area is 130 Å². The zero-order valence-corrected chi connectivity index (χ0v) is 13.5. The van der Waals surface area contributed by atoms with Gasteiger partial charge in [0.15, 0.2) is 0 Å². The molecular weight excluding hydrogens is 302 g/mol. The summed E-state index contributed by atoms with van der Waals surface area (Å²) in [7, 11) is -1.87. The highest BCUT2D eigenvalue weighted by Gasteiger charge is 2.22. The number of aliphatic hydroxyl groups excluding tert-OH is 1. The summed E-state index contributed by atoms with van der Waals surface area (Å²) in [6.45, 7) is 1.63. The van der Waals surface area contributed by atoms with Crippen LogP contribution in [0, 0.1) is 0 Å². The third kappa shape index (κ3) is 3.94. The van der Waals surface area contributed by atoms with Crippen molar-refractivity contribution in [3.8, 4) is 0 Å². The number of aromatic nitrogens is 2. The van der Waals surface area contributed by atoms with Crippen LogP contribution in [0.15, 0.2) is 41.6 Å². The van der Waals surface area contributed by atoms with Gasteiger partial charge in [0.2, 0.25) is 10.0 Å². The van der Waals surface area contributed by atoms with Crippen molar-refractivity contribution in [1.82, 2.24) is 14.5 Å². The topological polar surface area (TPSA) is 84.2 Å². The summed E-state index contributed by atoms with van der Waals surface area (Å²) in [5, 5.41) is 13.5. The molecule has 6 nitrogen and oxygen atoms in total. The summed E-state index contributed by atoms with van der Waals surface area (Å²) >= 11 is 0. The largest absolute Gasteiger partial charge is 0.395 e. The van der Waals surface area contributed by atoms with Gasteiger partial charge in [0, 0.05) is 19.3 Å². The number of nitrogens with one attached hydrogen (secondary N) is 1. The smallest absolute Gasteiger partial charge is 0.241 e. The number of benzene rings is 1. The molecule has 7 heteroatoms. The summed E-state index contributed by atoms with van der Waals surface area (Å²) < 4.78 is 29.3. The van der Waals surface area contributed by atoms with Crippen LogP contribution in [0.3, 0.4) is 0 Å². The summed E-state index contributed by atoms with van der Waals surface area (Å²) in [5.74, 6) is 0. The normalized spacial score (nSPS) is 13.2. The van der Waals surface area contributed by atoms with Gasteiger partial charge in [0.1, 0.15) is 0 Å². The van der Waals surface area contributed by atoms with Gasteiger partial charge in [-0.3, -0.25) is 4.68 Å². The molecule has 0 bridgehead atoms. The van der Waals surface area contributed by atoms with Crippen LogP contribution >= 0.6 is 0 Å². The maximum Gasteiger partial charge on any atom is 0.241 e. The molecule has 0 saturated carbocycles. The van der Waals surface area contributed by atoms with Gasteiger partial charge in [0.05, 0.1) is 17.7 Å². The van der Waals surface area contributed by atoms with Crippen molar-refractivity contribution in [1.29, 1.82) is 0 Å². The third-order valence-corrected chi connectivity index (χ3v) is 5.05. The van der Waals surface area contributed by atoms with Gasteiger partial charge < -0.3 is 5.11 Å². The minimum absolute atomic E-state index is 0.266. The van der Waals surface area contributed by atoms with E-state index in [1.54, 1.807) is 42.3 Å². The van der Waals surface area contributed by atoms with Gasteiger partial charge in [-0.2, -0.15) is 5.10 Å². The Balaban J connectivity index is 2.18. The zero-order chi connectivity index (χ0) is 16.2. The third-order valence-electron chi connectivity index (χ3n) is 3.43. The van der Waals surface area contributed by atoms with Gasteiger partial charge >= 0.3 is 0 Å². The fraction of sp³-hybridized carbons (Fsp3) is 0.400. The van der Waals surface area contributed by atoms with Crippen LogP contribution in [-0.2, 0) is 29.9 Å². The molecule has 0 aliphatic carbocycles. The standard InChI is InChI=1S/C15H21N3O3S/c1-3-13-6-4-5-7-15(13)22(20,21)17-14(11-19)8-12-9-16-18(2)10-12/h4-7,9-10,14,17,19H,3,8,11H2,1-2H3. The second-order valence-electron chi connectivity index (χ2n) is 5.19. The fourth-order valence-corrected chi connectivity index (χ4v) is 3.89. The van der Waals surface area contributed by atoms with Gasteiger partial charge in [-0.15, -0.1) is 0 Å². The van der Waals surface area contributed by atoms with Crippen LogP contribution in [0.5, 0.6) is 0 Å². The minimum atomic E-state index is -3.66. The highest BCUT2D eigenvalue weighted by Crippen LogP contribution is 2.16. The molecule has 22 heavy (non-hydrogen) atoms. The Morgan fingerprint density at radius 1 is 1.36 bits per heavy atom. The fourth-order valence-electron chi connectivity index (χ4n) is 2.35. The van der Waals surface area contributed by atoms with Crippen LogP contribution in [0.4, 0.5) is 0 Å². The van der Waals surface area contributed by atoms with Crippen molar-refractivity contribution in [2.45, 2.75) is 30.7 Å². The van der Waals surface area contributed by atoms with E-state index in [1.165, 1.54) is 0 Å². The Kier molecular flexibility index (Phi) is 5.33. The van der Waals surface area contributed by atoms with Crippen molar-refractivity contribution in [2.24, 2.45) is 7.05 Å². The van der Waals surface area contributed by atoms with Crippen LogP contribution in [0.25, 0.3) is 0 Å². The Morgan fingerprint density at radius 3 is 2.68 bits per heavy atom. The van der Waals surface area contributed by atoms with Gasteiger partial charge in [-0.1, -0.05) is 25.1 Å². The number of sulfonamides is 1. The molecule has 0 spiro atoms. The molecule has 0 radical (unpaired) electrons. The van der Waals surface area contributed by atoms with E-state index in [-0.39, 0.29) is 11.5 Å². The Bertz CT molecular complexity index is 725. The van der Waals surface area contributed by atoms with Gasteiger partial charge in [-0.25, -0.2) is 13.1 Å². The van der Waals surface area contributed by atoms with E-state index in [4.69, 9.17) is 0 Å². The number of hydrogen-bond donors (Lipinski definition) is 2. The van der Waals surface area contributed by atoms with Crippen molar-refractivity contribution < 1.29 is 13.5 Å². The molecular formula is C15H21N3O3S. The average Bonchev–Trinajstić information content (AvgIpc) is 2.91. The second-order valence-corrected chi connectivity index (χ2v) is 6.87. The quantitative estimate of drug-likeness (QED) is 0.792. The first-order valence-electron chi connectivity index (χ1n) is 7.15. The van der Waals surface area contributed by atoms with E-state index in [2.05, 4.69) is 9.82 Å². The van der Waals surface area contributed by atoms with E-state index < -0.39 is 16.1 Å². The molecule has 0 saturated heterocycles. The molecule has 0 aliphatic rings. The average molecular weight is 323 g/mol. The monoisotopic (exact) mass is 323 g/mol. The summed E-state index contributed by atoms with van der Waals surface area (Å²) in [6.07, 6.45) is 4.48. The van der Waals surface area contributed by atoms with Crippen molar-refractivity contribution in [3.05, 3.63) is 47.8 Å². The summed E-state index contributed by atoms with van der Waals surface area (Å²) in [5.41, 5.74) is 1.63. The van der Waals surface area contributed by atoms with E-state index in [1.807, 2.05) is 13.0 Å². The van der Waals surface area contributed by atoms with E-state index in [0.717, 1.165) is 11.1 Å². The zero-order valence-electron chi connectivity index (χ0n) is 12.7. The van der Waals surface area contributed by atoms with Crippen LogP contribution in [0.1, 0.15) is 18.1 Å². The Morgan fingerprint density at radius 2 is 2.09 bits per heavy atom. The highest BCUT2D eigenvalue weighted by atomic mass is 32.2. The molecule has 2 rings (SSSR count). The van der Waals surface area contributed by atoms with Crippen molar-refractivity contribution in [3.63, 3.8) is 0 Å². The predicted molar refractivity (Wildman–Crippen MR) is 83.9 cm³/mol. The summed E-state index contributed by atoms with van der Waals surface area (Å²) in [6, 6.07) is 6.31. The lowest BCUT2D eigenvalue weighted by molar-refractivity contribution is 0.256. The second kappa shape index (κ2) is 7.04. The molecule has 120 valence electrons.